The van der Waals surface area contributed by atoms with Gasteiger partial charge in [0.05, 0.1) is 17.6 Å². The fourth-order valence-corrected chi connectivity index (χ4v) is 2.73. The summed E-state index contributed by atoms with van der Waals surface area (Å²) in [5, 5.41) is 6.68. The zero-order valence-corrected chi connectivity index (χ0v) is 14.1. The maximum absolute atomic E-state index is 7.51. The molecule has 26 heavy (non-hydrogen) atoms. The van der Waals surface area contributed by atoms with Gasteiger partial charge in [0.1, 0.15) is 5.82 Å². The molecule has 0 aromatic carbocycles. The van der Waals surface area contributed by atoms with Crippen molar-refractivity contribution in [3.05, 3.63) is 67.4 Å². The van der Waals surface area contributed by atoms with Crippen LogP contribution < -0.4 is 5.32 Å². The van der Waals surface area contributed by atoms with E-state index in [1.54, 1.807) is 35.5 Å². The van der Waals surface area contributed by atoms with E-state index in [1.165, 1.54) is 0 Å². The molecular formula is C20H18N6. The van der Waals surface area contributed by atoms with Crippen LogP contribution in [0.15, 0.2) is 67.4 Å². The first kappa shape index (κ1) is 12.8. The lowest BCUT2D eigenvalue weighted by atomic mass is 10.0. The Bertz CT molecular complexity index is 1140. The van der Waals surface area contributed by atoms with Crippen LogP contribution in [0.25, 0.3) is 33.6 Å². The first-order valence-corrected chi connectivity index (χ1v) is 8.03. The molecule has 0 fully saturated rings. The molecule has 0 bridgehead atoms. The minimum absolute atomic E-state index is 0.245. The SMILES string of the molecule is [2H]C([2H])([2H])Nc1cc(-c2cncc(-c3cnn(C)c3)c2)cc(-c2ccccn2)n1. The second-order valence-electron chi connectivity index (χ2n) is 5.83. The minimum Gasteiger partial charge on any atom is -0.373 e. The highest BCUT2D eigenvalue weighted by Crippen LogP contribution is 2.29. The van der Waals surface area contributed by atoms with Crippen molar-refractivity contribution in [2.75, 3.05) is 12.3 Å². The molecule has 0 aliphatic rings. The number of aromatic nitrogens is 5. The first-order valence-electron chi connectivity index (χ1n) is 9.53. The lowest BCUT2D eigenvalue weighted by Crippen LogP contribution is -1.96. The highest BCUT2D eigenvalue weighted by atomic mass is 15.2. The number of hydrogen-bond donors (Lipinski definition) is 1. The van der Waals surface area contributed by atoms with E-state index >= 15 is 0 Å². The standard InChI is InChI=1S/C20H18N6/c1-21-20-9-14(8-19(25-20)18-5-3-4-6-23-18)15-7-16(11-22-10-15)17-12-24-26(2)13-17/h3-13H,1-2H3,(H,21,25)/i1D3. The topological polar surface area (TPSA) is 68.5 Å². The van der Waals surface area contributed by atoms with E-state index in [-0.39, 0.29) is 5.82 Å². The Morgan fingerprint density at radius 3 is 2.58 bits per heavy atom. The molecule has 0 spiro atoms. The molecule has 0 atom stereocenters. The summed E-state index contributed by atoms with van der Waals surface area (Å²) in [6.45, 7) is -2.36. The molecule has 4 heterocycles. The Morgan fingerprint density at radius 2 is 1.85 bits per heavy atom. The zero-order chi connectivity index (χ0) is 20.4. The van der Waals surface area contributed by atoms with Gasteiger partial charge in [0.15, 0.2) is 0 Å². The predicted octanol–water partition coefficient (Wildman–Crippen LogP) is 3.65. The molecule has 0 radical (unpaired) electrons. The summed E-state index contributed by atoms with van der Waals surface area (Å²) < 4.78 is 24.3. The normalized spacial score (nSPS) is 12.9. The van der Waals surface area contributed by atoms with Crippen LogP contribution in [0.1, 0.15) is 4.11 Å². The molecular weight excluding hydrogens is 324 g/mol. The highest BCUT2D eigenvalue weighted by molar-refractivity contribution is 5.75. The maximum atomic E-state index is 7.51. The molecule has 0 unspecified atom stereocenters. The van der Waals surface area contributed by atoms with Crippen LogP contribution >= 0.6 is 0 Å². The van der Waals surface area contributed by atoms with E-state index in [0.29, 0.717) is 11.4 Å². The van der Waals surface area contributed by atoms with E-state index in [4.69, 9.17) is 4.11 Å². The third kappa shape index (κ3) is 3.17. The van der Waals surface area contributed by atoms with Gasteiger partial charge in [-0.05, 0) is 35.9 Å². The Labute approximate surface area is 155 Å². The Morgan fingerprint density at radius 1 is 0.962 bits per heavy atom. The lowest BCUT2D eigenvalue weighted by Gasteiger charge is -2.09. The molecule has 0 amide bonds. The second-order valence-corrected chi connectivity index (χ2v) is 5.83. The van der Waals surface area contributed by atoms with Crippen molar-refractivity contribution < 1.29 is 4.11 Å². The van der Waals surface area contributed by atoms with Crippen molar-refractivity contribution in [2.45, 2.75) is 0 Å². The average Bonchev–Trinajstić information content (AvgIpc) is 3.14. The van der Waals surface area contributed by atoms with Crippen LogP contribution in [0.5, 0.6) is 0 Å². The maximum Gasteiger partial charge on any atom is 0.127 e. The minimum atomic E-state index is -2.36. The van der Waals surface area contributed by atoms with E-state index < -0.39 is 6.98 Å². The van der Waals surface area contributed by atoms with Crippen LogP contribution in [-0.2, 0) is 7.05 Å². The summed E-state index contributed by atoms with van der Waals surface area (Å²) in [4.78, 5) is 13.1. The second kappa shape index (κ2) is 6.76. The first-order chi connectivity index (χ1) is 13.9. The Kier molecular flexibility index (Phi) is 3.32. The van der Waals surface area contributed by atoms with E-state index in [2.05, 4.69) is 25.4 Å². The van der Waals surface area contributed by atoms with E-state index in [9.17, 15) is 0 Å². The summed E-state index contributed by atoms with van der Waals surface area (Å²) in [7, 11) is 1.86. The van der Waals surface area contributed by atoms with Gasteiger partial charge in [-0.25, -0.2) is 4.98 Å². The molecule has 0 saturated heterocycles. The Hall–Kier alpha value is -3.54. The van der Waals surface area contributed by atoms with Crippen molar-refractivity contribution >= 4 is 5.82 Å². The fraction of sp³-hybridized carbons (Fsp3) is 0.100. The average molecular weight is 345 g/mol. The van der Waals surface area contributed by atoms with Crippen LogP contribution in [-0.4, -0.2) is 31.7 Å². The lowest BCUT2D eigenvalue weighted by molar-refractivity contribution is 0.768. The smallest absolute Gasteiger partial charge is 0.127 e. The number of aryl methyl sites for hydroxylation is 1. The summed E-state index contributed by atoms with van der Waals surface area (Å²) in [6.07, 6.45) is 8.85. The number of anilines is 1. The van der Waals surface area contributed by atoms with Gasteiger partial charge in [0, 0.05) is 59.6 Å². The summed E-state index contributed by atoms with van der Waals surface area (Å²) in [5.41, 5.74) is 4.70. The molecule has 1 N–H and O–H groups in total. The van der Waals surface area contributed by atoms with Gasteiger partial charge >= 0.3 is 0 Å². The number of rotatable bonds is 4. The van der Waals surface area contributed by atoms with Gasteiger partial charge in [-0.15, -0.1) is 0 Å². The van der Waals surface area contributed by atoms with Crippen LogP contribution in [0.2, 0.25) is 0 Å². The van der Waals surface area contributed by atoms with Crippen molar-refractivity contribution in [2.24, 2.45) is 7.05 Å². The van der Waals surface area contributed by atoms with Gasteiger partial charge in [-0.2, -0.15) is 5.10 Å². The zero-order valence-electron chi connectivity index (χ0n) is 17.1. The molecule has 6 nitrogen and oxygen atoms in total. The van der Waals surface area contributed by atoms with Crippen LogP contribution in [0.4, 0.5) is 5.82 Å². The quantitative estimate of drug-likeness (QED) is 0.611. The monoisotopic (exact) mass is 345 g/mol. The highest BCUT2D eigenvalue weighted by Gasteiger charge is 2.09. The van der Waals surface area contributed by atoms with E-state index in [1.807, 2.05) is 43.6 Å². The number of hydrogen-bond acceptors (Lipinski definition) is 5. The third-order valence-corrected chi connectivity index (χ3v) is 3.99. The molecule has 4 aromatic heterocycles. The Balaban J connectivity index is 1.81. The summed E-state index contributed by atoms with van der Waals surface area (Å²) in [6, 6.07) is 11.1. The fourth-order valence-electron chi connectivity index (χ4n) is 2.73. The number of pyridine rings is 3. The molecule has 128 valence electrons. The van der Waals surface area contributed by atoms with Gasteiger partial charge in [0.2, 0.25) is 0 Å². The number of nitrogens with zero attached hydrogens (tertiary/aromatic N) is 5. The van der Waals surface area contributed by atoms with Crippen molar-refractivity contribution in [1.29, 1.82) is 0 Å². The van der Waals surface area contributed by atoms with Gasteiger partial charge in [-0.1, -0.05) is 6.07 Å². The van der Waals surface area contributed by atoms with Crippen molar-refractivity contribution in [1.82, 2.24) is 24.7 Å². The third-order valence-electron chi connectivity index (χ3n) is 3.99. The number of nitrogens with one attached hydrogen (secondary N) is 1. The van der Waals surface area contributed by atoms with Crippen LogP contribution in [0, 0.1) is 0 Å². The molecule has 0 saturated carbocycles. The van der Waals surface area contributed by atoms with Crippen molar-refractivity contribution in [3.8, 4) is 33.6 Å². The molecule has 4 rings (SSSR count). The van der Waals surface area contributed by atoms with Gasteiger partial charge in [0.25, 0.3) is 0 Å². The molecule has 4 aromatic rings. The van der Waals surface area contributed by atoms with Crippen molar-refractivity contribution in [3.63, 3.8) is 0 Å². The van der Waals surface area contributed by atoms with Gasteiger partial charge in [-0.3, -0.25) is 14.6 Å². The summed E-state index contributed by atoms with van der Waals surface area (Å²) >= 11 is 0. The summed E-state index contributed by atoms with van der Waals surface area (Å²) in [5.74, 6) is 0.245. The molecule has 0 aliphatic heterocycles. The predicted molar refractivity (Wildman–Crippen MR) is 102 cm³/mol. The van der Waals surface area contributed by atoms with Gasteiger partial charge < -0.3 is 5.32 Å². The largest absolute Gasteiger partial charge is 0.373 e. The molecule has 6 heteroatoms. The van der Waals surface area contributed by atoms with E-state index in [0.717, 1.165) is 22.3 Å². The molecule has 0 aliphatic carbocycles. The van der Waals surface area contributed by atoms with Crippen LogP contribution in [0.3, 0.4) is 0 Å².